The molecule has 0 bridgehead atoms. The lowest BCUT2D eigenvalue weighted by molar-refractivity contribution is -0.605. The summed E-state index contributed by atoms with van der Waals surface area (Å²) in [6, 6.07) is 3.64. The van der Waals surface area contributed by atoms with E-state index in [1.807, 2.05) is 12.1 Å². The van der Waals surface area contributed by atoms with Gasteiger partial charge in [0.05, 0.1) is 11.3 Å². The van der Waals surface area contributed by atoms with Crippen LogP contribution in [0.4, 0.5) is 0 Å². The van der Waals surface area contributed by atoms with Crippen LogP contribution in [0.5, 0.6) is 0 Å². The van der Waals surface area contributed by atoms with Gasteiger partial charge < -0.3 is 10.2 Å². The van der Waals surface area contributed by atoms with Gasteiger partial charge in [-0.05, 0) is 18.4 Å². The Morgan fingerprint density at radius 3 is 2.86 bits per heavy atom. The molecule has 0 saturated heterocycles. The Kier molecular flexibility index (Phi) is 3.18. The number of rotatable bonds is 3. The maximum atomic E-state index is 12.3. The molecule has 3 heterocycles. The summed E-state index contributed by atoms with van der Waals surface area (Å²) in [6.45, 7) is 2.25. The van der Waals surface area contributed by atoms with Gasteiger partial charge in [-0.15, -0.1) is 0 Å². The molecule has 0 radical (unpaired) electrons. The SMILES string of the molecule is O=c1[nH]c(C2CC2)nc2c1CN(Cc1cc[n+]([O-])cc1)CC2. The van der Waals surface area contributed by atoms with Gasteiger partial charge >= 0.3 is 0 Å². The standard InChI is InChI=1S/C16H18N4O2/c21-16-13-10-19(9-11-3-7-20(22)8-4-11)6-5-14(13)17-15(18-16)12-1-2-12/h3-4,7-8,12H,1-2,5-6,9-10H2,(H,17,18,21). The molecule has 4 rings (SSSR count). The van der Waals surface area contributed by atoms with E-state index in [2.05, 4.69) is 14.9 Å². The highest BCUT2D eigenvalue weighted by Gasteiger charge is 2.29. The van der Waals surface area contributed by atoms with E-state index in [0.29, 0.717) is 12.5 Å². The summed E-state index contributed by atoms with van der Waals surface area (Å²) in [5.74, 6) is 1.35. The lowest BCUT2D eigenvalue weighted by Gasteiger charge is -2.27. The first-order valence-corrected chi connectivity index (χ1v) is 7.71. The molecule has 0 amide bonds. The zero-order valence-electron chi connectivity index (χ0n) is 12.3. The third-order valence-corrected chi connectivity index (χ3v) is 4.41. The molecular formula is C16H18N4O2. The van der Waals surface area contributed by atoms with E-state index in [-0.39, 0.29) is 5.56 Å². The van der Waals surface area contributed by atoms with Crippen molar-refractivity contribution >= 4 is 0 Å². The van der Waals surface area contributed by atoms with E-state index in [0.717, 1.165) is 59.7 Å². The fraction of sp³-hybridized carbons (Fsp3) is 0.438. The summed E-state index contributed by atoms with van der Waals surface area (Å²) in [7, 11) is 0. The molecule has 0 unspecified atom stereocenters. The Morgan fingerprint density at radius 2 is 2.14 bits per heavy atom. The zero-order valence-corrected chi connectivity index (χ0v) is 12.3. The number of nitrogens with zero attached hydrogens (tertiary/aromatic N) is 3. The Hall–Kier alpha value is -2.21. The summed E-state index contributed by atoms with van der Waals surface area (Å²) in [5.41, 5.74) is 2.86. The summed E-state index contributed by atoms with van der Waals surface area (Å²) in [4.78, 5) is 22.1. The number of fused-ring (bicyclic) bond motifs is 1. The van der Waals surface area contributed by atoms with E-state index in [4.69, 9.17) is 0 Å². The van der Waals surface area contributed by atoms with Crippen LogP contribution in [0.25, 0.3) is 0 Å². The van der Waals surface area contributed by atoms with Crippen molar-refractivity contribution in [3.05, 3.63) is 62.7 Å². The number of pyridine rings is 1. The molecule has 1 N–H and O–H groups in total. The van der Waals surface area contributed by atoms with Gasteiger partial charge in [-0.2, -0.15) is 4.73 Å². The maximum absolute atomic E-state index is 12.3. The van der Waals surface area contributed by atoms with E-state index in [1.165, 1.54) is 12.4 Å². The van der Waals surface area contributed by atoms with E-state index < -0.39 is 0 Å². The largest absolute Gasteiger partial charge is 0.619 e. The molecule has 22 heavy (non-hydrogen) atoms. The molecule has 0 spiro atoms. The second-order valence-corrected chi connectivity index (χ2v) is 6.18. The number of H-pyrrole nitrogens is 1. The van der Waals surface area contributed by atoms with Crippen LogP contribution in [0.2, 0.25) is 0 Å². The van der Waals surface area contributed by atoms with Crippen LogP contribution in [0.3, 0.4) is 0 Å². The molecule has 1 fully saturated rings. The summed E-state index contributed by atoms with van der Waals surface area (Å²) in [5, 5.41) is 11.1. The van der Waals surface area contributed by atoms with Crippen molar-refractivity contribution in [2.45, 2.75) is 38.3 Å². The van der Waals surface area contributed by atoms with Crippen LogP contribution < -0.4 is 10.3 Å². The fourth-order valence-electron chi connectivity index (χ4n) is 2.99. The van der Waals surface area contributed by atoms with Gasteiger partial charge in [0, 0.05) is 44.1 Å². The van der Waals surface area contributed by atoms with Crippen LogP contribution in [0, 0.1) is 5.21 Å². The van der Waals surface area contributed by atoms with Crippen molar-refractivity contribution in [2.75, 3.05) is 6.54 Å². The predicted molar refractivity (Wildman–Crippen MR) is 80.1 cm³/mol. The molecule has 6 heteroatoms. The highest BCUT2D eigenvalue weighted by molar-refractivity contribution is 5.23. The maximum Gasteiger partial charge on any atom is 0.255 e. The minimum Gasteiger partial charge on any atom is -0.619 e. The number of hydrogen-bond donors (Lipinski definition) is 1. The second-order valence-electron chi connectivity index (χ2n) is 6.18. The molecule has 6 nitrogen and oxygen atoms in total. The Bertz CT molecular complexity index is 750. The predicted octanol–water partition coefficient (Wildman–Crippen LogP) is 0.839. The minimum absolute atomic E-state index is 0.0158. The van der Waals surface area contributed by atoms with Crippen LogP contribution >= 0.6 is 0 Å². The molecule has 2 aromatic heterocycles. The summed E-state index contributed by atoms with van der Waals surface area (Å²) in [6.07, 6.45) is 6.10. The monoisotopic (exact) mass is 298 g/mol. The third kappa shape index (κ3) is 2.62. The van der Waals surface area contributed by atoms with E-state index in [9.17, 15) is 10.0 Å². The molecular weight excluding hydrogens is 280 g/mol. The molecule has 0 atom stereocenters. The zero-order chi connectivity index (χ0) is 15.1. The first kappa shape index (κ1) is 13.5. The van der Waals surface area contributed by atoms with E-state index >= 15 is 0 Å². The molecule has 1 saturated carbocycles. The number of nitrogens with one attached hydrogen (secondary N) is 1. The highest BCUT2D eigenvalue weighted by Crippen LogP contribution is 2.37. The highest BCUT2D eigenvalue weighted by atomic mass is 16.5. The van der Waals surface area contributed by atoms with Crippen molar-refractivity contribution < 1.29 is 4.73 Å². The van der Waals surface area contributed by atoms with Gasteiger partial charge in [0.2, 0.25) is 0 Å². The average molecular weight is 298 g/mol. The lowest BCUT2D eigenvalue weighted by atomic mass is 10.1. The van der Waals surface area contributed by atoms with Crippen LogP contribution in [-0.2, 0) is 19.5 Å². The van der Waals surface area contributed by atoms with Gasteiger partial charge in [-0.25, -0.2) is 4.98 Å². The summed E-state index contributed by atoms with van der Waals surface area (Å²) >= 11 is 0. The van der Waals surface area contributed by atoms with Crippen LogP contribution in [0.15, 0.2) is 29.3 Å². The van der Waals surface area contributed by atoms with Gasteiger partial charge in [0.1, 0.15) is 5.82 Å². The molecule has 0 aromatic carbocycles. The fourth-order valence-corrected chi connectivity index (χ4v) is 2.99. The minimum atomic E-state index is 0.0158. The first-order chi connectivity index (χ1) is 10.7. The Balaban J connectivity index is 1.53. The number of hydrogen-bond acceptors (Lipinski definition) is 4. The van der Waals surface area contributed by atoms with Gasteiger partial charge in [-0.3, -0.25) is 9.69 Å². The number of aromatic amines is 1. The Labute approximate surface area is 128 Å². The Morgan fingerprint density at radius 1 is 1.36 bits per heavy atom. The topological polar surface area (TPSA) is 75.9 Å². The van der Waals surface area contributed by atoms with Crippen molar-refractivity contribution in [3.63, 3.8) is 0 Å². The number of aromatic nitrogens is 3. The molecule has 2 aliphatic rings. The van der Waals surface area contributed by atoms with Crippen molar-refractivity contribution in [3.8, 4) is 0 Å². The lowest BCUT2D eigenvalue weighted by Crippen LogP contribution is -2.36. The summed E-state index contributed by atoms with van der Waals surface area (Å²) < 4.78 is 0.781. The quantitative estimate of drug-likeness (QED) is 0.673. The molecule has 1 aliphatic carbocycles. The van der Waals surface area contributed by atoms with E-state index in [1.54, 1.807) is 0 Å². The van der Waals surface area contributed by atoms with Crippen LogP contribution in [0.1, 0.15) is 41.4 Å². The van der Waals surface area contributed by atoms with Gasteiger partial charge in [-0.1, -0.05) is 0 Å². The smallest absolute Gasteiger partial charge is 0.255 e. The average Bonchev–Trinajstić information content (AvgIpc) is 3.35. The van der Waals surface area contributed by atoms with Crippen molar-refractivity contribution in [1.29, 1.82) is 0 Å². The first-order valence-electron chi connectivity index (χ1n) is 7.71. The molecule has 2 aromatic rings. The molecule has 114 valence electrons. The normalized spacial score (nSPS) is 18.2. The molecule has 1 aliphatic heterocycles. The van der Waals surface area contributed by atoms with Gasteiger partial charge in [0.15, 0.2) is 12.4 Å². The van der Waals surface area contributed by atoms with Gasteiger partial charge in [0.25, 0.3) is 5.56 Å². The van der Waals surface area contributed by atoms with Crippen molar-refractivity contribution in [2.24, 2.45) is 0 Å². The van der Waals surface area contributed by atoms with Crippen molar-refractivity contribution in [1.82, 2.24) is 14.9 Å². The second kappa shape index (κ2) is 5.21. The van der Waals surface area contributed by atoms with Crippen LogP contribution in [-0.4, -0.2) is 21.4 Å². The third-order valence-electron chi connectivity index (χ3n) is 4.41.